The fourth-order valence-electron chi connectivity index (χ4n) is 2.66. The van der Waals surface area contributed by atoms with E-state index in [1.165, 1.54) is 0 Å². The number of nitrogens with zero attached hydrogens (tertiary/aromatic N) is 2. The topological polar surface area (TPSA) is 73.2 Å². The van der Waals surface area contributed by atoms with Crippen LogP contribution in [0.2, 0.25) is 0 Å². The number of carbonyl (C=O) groups is 1. The highest BCUT2D eigenvalue weighted by molar-refractivity contribution is 5.93. The van der Waals surface area contributed by atoms with E-state index in [1.54, 1.807) is 55.9 Å². The molecule has 25 heavy (non-hydrogen) atoms. The highest BCUT2D eigenvalue weighted by Gasteiger charge is 2.11. The molecule has 128 valence electrons. The quantitative estimate of drug-likeness (QED) is 0.794. The molecule has 0 atom stereocenters. The Morgan fingerprint density at radius 3 is 2.56 bits per heavy atom. The number of amides is 1. The number of ether oxygens (including phenoxy) is 1. The molecular weight excluding hydrogens is 318 g/mol. The number of hydrogen-bond acceptors (Lipinski definition) is 4. The lowest BCUT2D eigenvalue weighted by atomic mass is 10.2. The summed E-state index contributed by atoms with van der Waals surface area (Å²) in [5.74, 6) is 1.20. The molecule has 0 radical (unpaired) electrons. The summed E-state index contributed by atoms with van der Waals surface area (Å²) in [5, 5.41) is 3.22. The first-order valence-corrected chi connectivity index (χ1v) is 8.01. The van der Waals surface area contributed by atoms with E-state index < -0.39 is 0 Å². The van der Waals surface area contributed by atoms with Crippen molar-refractivity contribution in [2.24, 2.45) is 0 Å². The lowest BCUT2D eigenvalue weighted by Gasteiger charge is -2.12. The maximum Gasteiger partial charge on any atom is 0.266 e. The van der Waals surface area contributed by atoms with Gasteiger partial charge in [0.15, 0.2) is 0 Å². The van der Waals surface area contributed by atoms with Crippen LogP contribution in [0.4, 0.5) is 5.69 Å². The minimum atomic E-state index is -0.180. The van der Waals surface area contributed by atoms with E-state index in [2.05, 4.69) is 10.3 Å². The van der Waals surface area contributed by atoms with Gasteiger partial charge in [-0.25, -0.2) is 4.98 Å². The van der Waals surface area contributed by atoms with E-state index in [0.29, 0.717) is 40.3 Å². The molecule has 0 saturated heterocycles. The second kappa shape index (κ2) is 6.76. The number of methoxy groups -OCH3 is 1. The number of anilines is 1. The van der Waals surface area contributed by atoms with Crippen molar-refractivity contribution in [2.45, 2.75) is 20.3 Å². The van der Waals surface area contributed by atoms with Gasteiger partial charge >= 0.3 is 0 Å². The number of rotatable bonds is 4. The van der Waals surface area contributed by atoms with Crippen LogP contribution in [0.25, 0.3) is 16.6 Å². The van der Waals surface area contributed by atoms with E-state index in [0.717, 1.165) is 0 Å². The predicted molar refractivity (Wildman–Crippen MR) is 97.5 cm³/mol. The molecule has 1 heterocycles. The first-order valence-electron chi connectivity index (χ1n) is 8.01. The number of aryl methyl sites for hydroxylation is 1. The Hall–Kier alpha value is -3.15. The Morgan fingerprint density at radius 1 is 1.20 bits per heavy atom. The molecule has 1 N–H and O–H groups in total. The molecule has 1 amide bonds. The molecular formula is C19H19N3O3. The zero-order valence-electron chi connectivity index (χ0n) is 14.4. The number of benzene rings is 2. The van der Waals surface area contributed by atoms with Crippen molar-refractivity contribution in [3.63, 3.8) is 0 Å². The lowest BCUT2D eigenvalue weighted by molar-refractivity contribution is -0.115. The van der Waals surface area contributed by atoms with Crippen LogP contribution in [0.3, 0.4) is 0 Å². The highest BCUT2D eigenvalue weighted by Crippen LogP contribution is 2.19. The smallest absolute Gasteiger partial charge is 0.266 e. The fourth-order valence-corrected chi connectivity index (χ4v) is 2.66. The molecule has 0 fully saturated rings. The third kappa shape index (κ3) is 3.24. The van der Waals surface area contributed by atoms with Crippen molar-refractivity contribution in [1.82, 2.24) is 9.55 Å². The lowest BCUT2D eigenvalue weighted by Crippen LogP contribution is -2.22. The zero-order chi connectivity index (χ0) is 18.0. The van der Waals surface area contributed by atoms with Gasteiger partial charge < -0.3 is 10.1 Å². The van der Waals surface area contributed by atoms with Crippen LogP contribution in [0.5, 0.6) is 5.75 Å². The van der Waals surface area contributed by atoms with Gasteiger partial charge in [-0.2, -0.15) is 0 Å². The summed E-state index contributed by atoms with van der Waals surface area (Å²) in [4.78, 5) is 29.1. The molecule has 6 heteroatoms. The summed E-state index contributed by atoms with van der Waals surface area (Å²) in [5.41, 5.74) is 1.71. The van der Waals surface area contributed by atoms with Gasteiger partial charge in [0.25, 0.3) is 5.56 Å². The summed E-state index contributed by atoms with van der Waals surface area (Å²) in [6.07, 6.45) is 0.375. The summed E-state index contributed by atoms with van der Waals surface area (Å²) in [7, 11) is 1.59. The summed E-state index contributed by atoms with van der Waals surface area (Å²) in [6, 6.07) is 12.4. The largest absolute Gasteiger partial charge is 0.497 e. The second-order valence-corrected chi connectivity index (χ2v) is 5.63. The molecule has 0 unspecified atom stereocenters. The van der Waals surface area contributed by atoms with E-state index >= 15 is 0 Å². The minimum absolute atomic E-state index is 0.102. The van der Waals surface area contributed by atoms with Crippen molar-refractivity contribution < 1.29 is 9.53 Å². The van der Waals surface area contributed by atoms with Gasteiger partial charge in [-0.05, 0) is 49.4 Å². The minimum Gasteiger partial charge on any atom is -0.497 e. The van der Waals surface area contributed by atoms with E-state index in [-0.39, 0.29) is 11.5 Å². The number of hydrogen-bond donors (Lipinski definition) is 1. The van der Waals surface area contributed by atoms with E-state index in [9.17, 15) is 9.59 Å². The third-order valence-electron chi connectivity index (χ3n) is 3.97. The van der Waals surface area contributed by atoms with Crippen LogP contribution < -0.4 is 15.6 Å². The van der Waals surface area contributed by atoms with Gasteiger partial charge in [0.1, 0.15) is 11.6 Å². The molecule has 0 aliphatic rings. The summed E-state index contributed by atoms with van der Waals surface area (Å²) in [6.45, 7) is 3.57. The molecule has 3 rings (SSSR count). The number of nitrogens with one attached hydrogen (secondary N) is 1. The monoisotopic (exact) mass is 337 g/mol. The standard InChI is InChI=1S/C19H19N3O3/c1-4-18(23)21-13-5-10-17-16(11-13)19(24)22(12(2)20-17)14-6-8-15(25-3)9-7-14/h5-11H,4H2,1-3H3,(H,21,23). The zero-order valence-corrected chi connectivity index (χ0v) is 14.4. The SMILES string of the molecule is CCC(=O)Nc1ccc2nc(C)n(-c3ccc(OC)cc3)c(=O)c2c1. The van der Waals surface area contributed by atoms with Gasteiger partial charge in [0.2, 0.25) is 5.91 Å². The van der Waals surface area contributed by atoms with Gasteiger partial charge in [-0.3, -0.25) is 14.2 Å². The van der Waals surface area contributed by atoms with Crippen LogP contribution in [0.1, 0.15) is 19.2 Å². The maximum atomic E-state index is 13.0. The number of aromatic nitrogens is 2. The molecule has 2 aromatic carbocycles. The van der Waals surface area contributed by atoms with Crippen LogP contribution >= 0.6 is 0 Å². The van der Waals surface area contributed by atoms with Crippen molar-refractivity contribution in [1.29, 1.82) is 0 Å². The predicted octanol–water partition coefficient (Wildman–Crippen LogP) is 3.05. The summed E-state index contributed by atoms with van der Waals surface area (Å²) >= 11 is 0. The van der Waals surface area contributed by atoms with Crippen LogP contribution in [-0.4, -0.2) is 22.6 Å². The average molecular weight is 337 g/mol. The van der Waals surface area contributed by atoms with Crippen LogP contribution in [-0.2, 0) is 4.79 Å². The van der Waals surface area contributed by atoms with Crippen LogP contribution in [0.15, 0.2) is 47.3 Å². The Morgan fingerprint density at radius 2 is 1.92 bits per heavy atom. The molecule has 0 aliphatic carbocycles. The normalized spacial score (nSPS) is 10.7. The van der Waals surface area contributed by atoms with Crippen molar-refractivity contribution in [3.8, 4) is 11.4 Å². The van der Waals surface area contributed by atoms with E-state index in [4.69, 9.17) is 4.74 Å². The van der Waals surface area contributed by atoms with Crippen molar-refractivity contribution >= 4 is 22.5 Å². The van der Waals surface area contributed by atoms with Gasteiger partial charge in [0.05, 0.1) is 23.7 Å². The van der Waals surface area contributed by atoms with E-state index in [1.807, 2.05) is 12.1 Å². The van der Waals surface area contributed by atoms with Crippen molar-refractivity contribution in [3.05, 3.63) is 58.6 Å². The number of carbonyl (C=O) groups excluding carboxylic acids is 1. The van der Waals surface area contributed by atoms with Crippen molar-refractivity contribution in [2.75, 3.05) is 12.4 Å². The van der Waals surface area contributed by atoms with Crippen LogP contribution in [0, 0.1) is 6.92 Å². The highest BCUT2D eigenvalue weighted by atomic mass is 16.5. The first-order chi connectivity index (χ1) is 12.0. The fraction of sp³-hybridized carbons (Fsp3) is 0.211. The maximum absolute atomic E-state index is 13.0. The van der Waals surface area contributed by atoms with Gasteiger partial charge in [-0.15, -0.1) is 0 Å². The molecule has 0 saturated carbocycles. The average Bonchev–Trinajstić information content (AvgIpc) is 2.62. The third-order valence-corrected chi connectivity index (χ3v) is 3.97. The molecule has 3 aromatic rings. The first kappa shape index (κ1) is 16.7. The Labute approximate surface area is 145 Å². The van der Waals surface area contributed by atoms with Gasteiger partial charge in [-0.1, -0.05) is 6.92 Å². The Kier molecular flexibility index (Phi) is 4.52. The van der Waals surface area contributed by atoms with Gasteiger partial charge in [0, 0.05) is 12.1 Å². The molecule has 0 spiro atoms. The Balaban J connectivity index is 2.15. The molecule has 6 nitrogen and oxygen atoms in total. The molecule has 1 aromatic heterocycles. The second-order valence-electron chi connectivity index (χ2n) is 5.63. The number of fused-ring (bicyclic) bond motifs is 1. The molecule has 0 bridgehead atoms. The molecule has 0 aliphatic heterocycles. The summed E-state index contributed by atoms with van der Waals surface area (Å²) < 4.78 is 6.70. The Bertz CT molecular complexity index is 991.